The molecule has 0 fully saturated rings. The third kappa shape index (κ3) is 3.37. The van der Waals surface area contributed by atoms with Crippen molar-refractivity contribution in [3.8, 4) is 5.75 Å². The van der Waals surface area contributed by atoms with Crippen LogP contribution in [0.25, 0.3) is 0 Å². The van der Waals surface area contributed by atoms with E-state index in [0.29, 0.717) is 6.54 Å². The number of halogens is 1. The van der Waals surface area contributed by atoms with E-state index in [1.807, 2.05) is 30.1 Å². The zero-order chi connectivity index (χ0) is 12.1. The second-order valence-electron chi connectivity index (χ2n) is 3.59. The van der Waals surface area contributed by atoms with Crippen molar-refractivity contribution in [2.45, 2.75) is 6.10 Å². The van der Waals surface area contributed by atoms with Crippen molar-refractivity contribution < 1.29 is 9.84 Å². The number of hydrogen-bond donors (Lipinski definition) is 2. The molecule has 0 aliphatic rings. The van der Waals surface area contributed by atoms with Gasteiger partial charge in [-0.2, -0.15) is 0 Å². The van der Waals surface area contributed by atoms with Gasteiger partial charge < -0.3 is 20.5 Å². The predicted molar refractivity (Wildman–Crippen MR) is 69.0 cm³/mol. The molecule has 0 spiro atoms. The average molecular weight is 289 g/mol. The number of methoxy groups -OCH3 is 1. The summed E-state index contributed by atoms with van der Waals surface area (Å²) in [5.41, 5.74) is 6.37. The van der Waals surface area contributed by atoms with Crippen molar-refractivity contribution >= 4 is 21.6 Å². The maximum atomic E-state index is 9.46. The van der Waals surface area contributed by atoms with Gasteiger partial charge >= 0.3 is 0 Å². The van der Waals surface area contributed by atoms with Gasteiger partial charge in [0.2, 0.25) is 0 Å². The van der Waals surface area contributed by atoms with Crippen LogP contribution in [0.2, 0.25) is 0 Å². The van der Waals surface area contributed by atoms with E-state index >= 15 is 0 Å². The van der Waals surface area contributed by atoms with Gasteiger partial charge in [0.1, 0.15) is 5.75 Å². The molecule has 0 aromatic heterocycles. The second kappa shape index (κ2) is 6.08. The van der Waals surface area contributed by atoms with Crippen LogP contribution in [0.5, 0.6) is 5.75 Å². The van der Waals surface area contributed by atoms with E-state index in [2.05, 4.69) is 15.9 Å². The Morgan fingerprint density at radius 3 is 2.75 bits per heavy atom. The molecule has 4 nitrogen and oxygen atoms in total. The number of rotatable bonds is 5. The van der Waals surface area contributed by atoms with Crippen LogP contribution < -0.4 is 15.4 Å². The van der Waals surface area contributed by atoms with Gasteiger partial charge in [0.15, 0.2) is 0 Å². The van der Waals surface area contributed by atoms with E-state index in [9.17, 15) is 5.11 Å². The lowest BCUT2D eigenvalue weighted by molar-refractivity contribution is 0.189. The molecule has 0 saturated carbocycles. The first-order valence-corrected chi connectivity index (χ1v) is 5.80. The number of nitrogens with zero attached hydrogens (tertiary/aromatic N) is 1. The van der Waals surface area contributed by atoms with Crippen LogP contribution in [0, 0.1) is 0 Å². The number of anilines is 1. The van der Waals surface area contributed by atoms with Crippen molar-refractivity contribution in [1.29, 1.82) is 0 Å². The lowest BCUT2D eigenvalue weighted by Crippen LogP contribution is -2.34. The molecule has 1 atom stereocenters. The van der Waals surface area contributed by atoms with Crippen LogP contribution >= 0.6 is 15.9 Å². The molecule has 16 heavy (non-hydrogen) atoms. The standard InChI is InChI=1S/C11H17BrN2O2/c1-14(7-9(15)6-13)8-3-4-11(16-2)10(12)5-8/h3-5,9,15H,6-7,13H2,1-2H3. The van der Waals surface area contributed by atoms with Gasteiger partial charge in [0, 0.05) is 25.8 Å². The molecule has 3 N–H and O–H groups in total. The molecule has 0 bridgehead atoms. The second-order valence-corrected chi connectivity index (χ2v) is 4.44. The highest BCUT2D eigenvalue weighted by molar-refractivity contribution is 9.10. The summed E-state index contributed by atoms with van der Waals surface area (Å²) in [4.78, 5) is 1.95. The Bertz CT molecular complexity index is 347. The maximum Gasteiger partial charge on any atom is 0.133 e. The molecule has 1 rings (SSSR count). The molecule has 1 aromatic carbocycles. The van der Waals surface area contributed by atoms with Gasteiger partial charge in [-0.1, -0.05) is 0 Å². The molecule has 0 saturated heterocycles. The van der Waals surface area contributed by atoms with Crippen molar-refractivity contribution in [3.63, 3.8) is 0 Å². The number of likely N-dealkylation sites (N-methyl/N-ethyl adjacent to an activating group) is 1. The Hall–Kier alpha value is -0.780. The number of nitrogens with two attached hydrogens (primary N) is 1. The molecule has 90 valence electrons. The molecular weight excluding hydrogens is 272 g/mol. The summed E-state index contributed by atoms with van der Waals surface area (Å²) < 4.78 is 6.04. The minimum Gasteiger partial charge on any atom is -0.496 e. The Morgan fingerprint density at radius 1 is 1.56 bits per heavy atom. The first-order chi connectivity index (χ1) is 7.58. The van der Waals surface area contributed by atoms with Gasteiger partial charge in [-0.15, -0.1) is 0 Å². The van der Waals surface area contributed by atoms with Crippen LogP contribution in [0.1, 0.15) is 0 Å². The molecule has 1 aromatic rings. The Kier molecular flexibility index (Phi) is 5.05. The molecular formula is C11H17BrN2O2. The Morgan fingerprint density at radius 2 is 2.25 bits per heavy atom. The number of hydrogen-bond acceptors (Lipinski definition) is 4. The summed E-state index contributed by atoms with van der Waals surface area (Å²) in [6.45, 7) is 0.775. The fourth-order valence-electron chi connectivity index (χ4n) is 1.39. The van der Waals surface area contributed by atoms with Crippen LogP contribution in [0.3, 0.4) is 0 Å². The fourth-order valence-corrected chi connectivity index (χ4v) is 1.92. The van der Waals surface area contributed by atoms with Crippen LogP contribution in [0.15, 0.2) is 22.7 Å². The van der Waals surface area contributed by atoms with Gasteiger partial charge in [0.05, 0.1) is 17.7 Å². The smallest absolute Gasteiger partial charge is 0.133 e. The highest BCUT2D eigenvalue weighted by Crippen LogP contribution is 2.29. The van der Waals surface area contributed by atoms with Crippen molar-refractivity contribution in [1.82, 2.24) is 0 Å². The molecule has 0 aliphatic carbocycles. The summed E-state index contributed by atoms with van der Waals surface area (Å²) in [7, 11) is 3.54. The third-order valence-corrected chi connectivity index (χ3v) is 2.95. The number of aliphatic hydroxyl groups is 1. The summed E-state index contributed by atoms with van der Waals surface area (Å²) in [5, 5.41) is 9.46. The number of aliphatic hydroxyl groups excluding tert-OH is 1. The minimum atomic E-state index is -0.508. The minimum absolute atomic E-state index is 0.266. The molecule has 0 amide bonds. The van der Waals surface area contributed by atoms with E-state index < -0.39 is 6.10 Å². The van der Waals surface area contributed by atoms with Gasteiger partial charge in [0.25, 0.3) is 0 Å². The molecule has 5 heteroatoms. The lowest BCUT2D eigenvalue weighted by atomic mass is 10.2. The van der Waals surface area contributed by atoms with Crippen molar-refractivity contribution in [3.05, 3.63) is 22.7 Å². The summed E-state index contributed by atoms with van der Waals surface area (Å²) in [6.07, 6.45) is -0.508. The fraction of sp³-hybridized carbons (Fsp3) is 0.455. The zero-order valence-corrected chi connectivity index (χ0v) is 11.1. The van der Waals surface area contributed by atoms with Gasteiger partial charge in [-0.25, -0.2) is 0 Å². The largest absolute Gasteiger partial charge is 0.496 e. The summed E-state index contributed by atoms with van der Waals surface area (Å²) >= 11 is 3.42. The van der Waals surface area contributed by atoms with E-state index in [-0.39, 0.29) is 6.54 Å². The van der Waals surface area contributed by atoms with Crippen LogP contribution in [-0.4, -0.2) is 38.5 Å². The summed E-state index contributed by atoms with van der Waals surface area (Å²) in [6, 6.07) is 5.76. The quantitative estimate of drug-likeness (QED) is 0.855. The van der Waals surface area contributed by atoms with E-state index in [4.69, 9.17) is 10.5 Å². The molecule has 0 radical (unpaired) electrons. The highest BCUT2D eigenvalue weighted by Gasteiger charge is 2.09. The number of ether oxygens (including phenoxy) is 1. The van der Waals surface area contributed by atoms with E-state index in [1.54, 1.807) is 7.11 Å². The van der Waals surface area contributed by atoms with Crippen LogP contribution in [-0.2, 0) is 0 Å². The van der Waals surface area contributed by atoms with Gasteiger partial charge in [-0.3, -0.25) is 0 Å². The Balaban J connectivity index is 2.76. The predicted octanol–water partition coefficient (Wildman–Crippen LogP) is 1.21. The molecule has 1 unspecified atom stereocenters. The van der Waals surface area contributed by atoms with Crippen molar-refractivity contribution in [2.24, 2.45) is 5.73 Å². The first-order valence-electron chi connectivity index (χ1n) is 5.01. The van der Waals surface area contributed by atoms with Crippen LogP contribution in [0.4, 0.5) is 5.69 Å². The SMILES string of the molecule is COc1ccc(N(C)CC(O)CN)cc1Br. The molecule has 0 aliphatic heterocycles. The molecule has 0 heterocycles. The third-order valence-electron chi connectivity index (χ3n) is 2.33. The zero-order valence-electron chi connectivity index (χ0n) is 9.48. The van der Waals surface area contributed by atoms with Gasteiger partial charge in [-0.05, 0) is 34.1 Å². The maximum absolute atomic E-state index is 9.46. The topological polar surface area (TPSA) is 58.7 Å². The average Bonchev–Trinajstić information content (AvgIpc) is 2.28. The first kappa shape index (κ1) is 13.3. The normalized spacial score (nSPS) is 12.3. The highest BCUT2D eigenvalue weighted by atomic mass is 79.9. The number of benzene rings is 1. The Labute approximate surface area is 104 Å². The lowest BCUT2D eigenvalue weighted by Gasteiger charge is -2.22. The summed E-state index contributed by atoms with van der Waals surface area (Å²) in [5.74, 6) is 0.788. The van der Waals surface area contributed by atoms with E-state index in [0.717, 1.165) is 15.9 Å². The van der Waals surface area contributed by atoms with E-state index in [1.165, 1.54) is 0 Å². The van der Waals surface area contributed by atoms with Crippen molar-refractivity contribution in [2.75, 3.05) is 32.1 Å². The monoisotopic (exact) mass is 288 g/mol.